The van der Waals surface area contributed by atoms with E-state index in [1.54, 1.807) is 9.80 Å². The minimum atomic E-state index is -1.26. The van der Waals surface area contributed by atoms with Crippen molar-refractivity contribution in [1.29, 1.82) is 0 Å². The lowest BCUT2D eigenvalue weighted by atomic mass is 10.0. The number of rotatable bonds is 5. The lowest BCUT2D eigenvalue weighted by Gasteiger charge is -2.35. The van der Waals surface area contributed by atoms with Gasteiger partial charge in [0.2, 0.25) is 5.91 Å². The molecule has 154 valence electrons. The van der Waals surface area contributed by atoms with Crippen LogP contribution in [0.4, 0.5) is 18.0 Å². The predicted octanol–water partition coefficient (Wildman–Crippen LogP) is 1.77. The summed E-state index contributed by atoms with van der Waals surface area (Å²) in [4.78, 5) is 28.2. The Balaban J connectivity index is 1.54. The molecule has 0 unspecified atom stereocenters. The average Bonchev–Trinajstić information content (AvgIpc) is 3.19. The van der Waals surface area contributed by atoms with Crippen LogP contribution >= 0.6 is 0 Å². The van der Waals surface area contributed by atoms with Crippen LogP contribution in [0.5, 0.6) is 0 Å². The van der Waals surface area contributed by atoms with Gasteiger partial charge in [-0.25, -0.2) is 18.0 Å². The van der Waals surface area contributed by atoms with E-state index in [4.69, 9.17) is 5.73 Å². The molecule has 2 bridgehead atoms. The Bertz CT molecular complexity index is 774. The summed E-state index contributed by atoms with van der Waals surface area (Å²) in [7, 11) is 0. The Morgan fingerprint density at radius 2 is 1.71 bits per heavy atom. The molecule has 1 aromatic rings. The highest BCUT2D eigenvalue weighted by molar-refractivity contribution is 5.80. The van der Waals surface area contributed by atoms with Gasteiger partial charge < -0.3 is 20.9 Å². The molecule has 3 N–H and O–H groups in total. The maximum absolute atomic E-state index is 13.8. The van der Waals surface area contributed by atoms with Crippen molar-refractivity contribution in [1.82, 2.24) is 15.1 Å². The van der Waals surface area contributed by atoms with Gasteiger partial charge in [-0.2, -0.15) is 0 Å². The lowest BCUT2D eigenvalue weighted by molar-refractivity contribution is -0.133. The normalized spacial score (nSPS) is 22.1. The summed E-state index contributed by atoms with van der Waals surface area (Å²) in [6, 6.07) is 0.383. The molecule has 0 radical (unpaired) electrons. The lowest BCUT2D eigenvalue weighted by Crippen LogP contribution is -2.54. The molecular weight excluding hydrogens is 373 g/mol. The second kappa shape index (κ2) is 7.98. The van der Waals surface area contributed by atoms with Gasteiger partial charge in [0.05, 0.1) is 12.1 Å². The zero-order valence-corrected chi connectivity index (χ0v) is 15.9. The maximum atomic E-state index is 13.8. The van der Waals surface area contributed by atoms with Crippen molar-refractivity contribution in [3.63, 3.8) is 0 Å². The van der Waals surface area contributed by atoms with E-state index in [1.807, 2.05) is 13.8 Å². The molecule has 6 nitrogen and oxygen atoms in total. The van der Waals surface area contributed by atoms with E-state index in [0.717, 1.165) is 12.5 Å². The molecular formula is C19H25F3N4O2. The van der Waals surface area contributed by atoms with Gasteiger partial charge in [0, 0.05) is 37.7 Å². The summed E-state index contributed by atoms with van der Waals surface area (Å²) in [5, 5.41) is 2.86. The van der Waals surface area contributed by atoms with Crippen LogP contribution < -0.4 is 11.1 Å². The number of nitrogens with two attached hydrogens (primary N) is 1. The summed E-state index contributed by atoms with van der Waals surface area (Å²) in [6.07, 6.45) is 0.629. The third kappa shape index (κ3) is 4.24. The fraction of sp³-hybridized carbons (Fsp3) is 0.579. The van der Waals surface area contributed by atoms with E-state index in [2.05, 4.69) is 5.32 Å². The van der Waals surface area contributed by atoms with E-state index < -0.39 is 23.5 Å². The number of halogens is 3. The summed E-state index contributed by atoms with van der Waals surface area (Å²) in [5.74, 6) is -3.46. The van der Waals surface area contributed by atoms with Crippen molar-refractivity contribution in [3.8, 4) is 0 Å². The van der Waals surface area contributed by atoms with Crippen molar-refractivity contribution in [2.45, 2.75) is 57.3 Å². The zero-order valence-electron chi connectivity index (χ0n) is 15.9. The molecule has 28 heavy (non-hydrogen) atoms. The first-order chi connectivity index (χ1) is 13.2. The zero-order chi connectivity index (χ0) is 20.6. The van der Waals surface area contributed by atoms with Crippen molar-refractivity contribution in [2.24, 2.45) is 5.73 Å². The fourth-order valence-electron chi connectivity index (χ4n) is 3.97. The Kier molecular flexibility index (Phi) is 5.83. The quantitative estimate of drug-likeness (QED) is 0.742. The van der Waals surface area contributed by atoms with Crippen LogP contribution in [0.3, 0.4) is 0 Å². The Labute approximate surface area is 161 Å². The number of piperazine rings is 1. The predicted molar refractivity (Wildman–Crippen MR) is 96.9 cm³/mol. The summed E-state index contributed by atoms with van der Waals surface area (Å²) in [6.45, 7) is 4.70. The summed E-state index contributed by atoms with van der Waals surface area (Å²) < 4.78 is 40.1. The number of urea groups is 1. The first-order valence-corrected chi connectivity index (χ1v) is 9.41. The number of fused-ring (bicyclic) bond motifs is 2. The average molecular weight is 398 g/mol. The van der Waals surface area contributed by atoms with Crippen LogP contribution in [0, 0.1) is 17.5 Å². The number of carbonyl (C=O) groups excluding carboxylic acids is 2. The minimum Gasteiger partial charge on any atom is -0.336 e. The van der Waals surface area contributed by atoms with Crippen LogP contribution in [-0.2, 0) is 11.2 Å². The van der Waals surface area contributed by atoms with Crippen LogP contribution in [0.15, 0.2) is 12.1 Å². The van der Waals surface area contributed by atoms with Crippen molar-refractivity contribution >= 4 is 11.9 Å². The second-order valence-electron chi connectivity index (χ2n) is 7.87. The number of benzene rings is 1. The number of nitrogens with zero attached hydrogens (tertiary/aromatic N) is 2. The molecule has 0 aromatic heterocycles. The van der Waals surface area contributed by atoms with Crippen LogP contribution in [0.25, 0.3) is 0 Å². The Morgan fingerprint density at radius 3 is 2.32 bits per heavy atom. The first-order valence-electron chi connectivity index (χ1n) is 9.41. The highest BCUT2D eigenvalue weighted by Gasteiger charge is 2.47. The largest absolute Gasteiger partial charge is 0.336 e. The minimum absolute atomic E-state index is 0.0208. The fourth-order valence-corrected chi connectivity index (χ4v) is 3.97. The van der Waals surface area contributed by atoms with Gasteiger partial charge in [0.1, 0.15) is 5.82 Å². The van der Waals surface area contributed by atoms with E-state index in [1.165, 1.54) is 0 Å². The summed E-state index contributed by atoms with van der Waals surface area (Å²) in [5.41, 5.74) is 5.90. The third-order valence-electron chi connectivity index (χ3n) is 5.24. The first kappa shape index (κ1) is 20.4. The highest BCUT2D eigenvalue weighted by Crippen LogP contribution is 2.31. The number of amides is 3. The van der Waals surface area contributed by atoms with E-state index >= 15 is 0 Å². The Hall–Kier alpha value is -2.29. The van der Waals surface area contributed by atoms with Crippen molar-refractivity contribution in [3.05, 3.63) is 35.1 Å². The smallest absolute Gasteiger partial charge is 0.317 e. The molecule has 3 rings (SSSR count). The van der Waals surface area contributed by atoms with Gasteiger partial charge in [-0.05, 0) is 38.3 Å². The van der Waals surface area contributed by atoms with Gasteiger partial charge >= 0.3 is 6.03 Å². The van der Waals surface area contributed by atoms with Crippen LogP contribution in [0.1, 0.15) is 32.3 Å². The molecule has 2 saturated heterocycles. The van der Waals surface area contributed by atoms with Gasteiger partial charge in [-0.15, -0.1) is 0 Å². The van der Waals surface area contributed by atoms with Crippen LogP contribution in [-0.4, -0.2) is 59.0 Å². The molecule has 2 aliphatic rings. The second-order valence-corrected chi connectivity index (χ2v) is 7.87. The molecule has 2 fully saturated rings. The van der Waals surface area contributed by atoms with E-state index in [9.17, 15) is 22.8 Å². The number of hydrogen-bond donors (Lipinski definition) is 2. The van der Waals surface area contributed by atoms with Crippen molar-refractivity contribution in [2.75, 3.05) is 13.1 Å². The standard InChI is InChI=1S/C19H25F3N4O2/c1-10(2)24-19(28)26-9-13-6-14(26)8-25(13)18(27)5-12(23)3-11-4-16(21)17(22)7-15(11)20/h4,7,10,12-14H,3,5-6,8-9,23H2,1-2H3,(H,24,28)/t12-,13+,14+/m1/s1. The monoisotopic (exact) mass is 398 g/mol. The molecule has 3 atom stereocenters. The molecule has 1 aromatic carbocycles. The van der Waals surface area contributed by atoms with E-state index in [0.29, 0.717) is 19.2 Å². The molecule has 0 spiro atoms. The molecule has 2 heterocycles. The molecule has 2 aliphatic heterocycles. The summed E-state index contributed by atoms with van der Waals surface area (Å²) >= 11 is 0. The highest BCUT2D eigenvalue weighted by atomic mass is 19.2. The Morgan fingerprint density at radius 1 is 1.11 bits per heavy atom. The third-order valence-corrected chi connectivity index (χ3v) is 5.24. The molecule has 0 aliphatic carbocycles. The SMILES string of the molecule is CC(C)NC(=O)N1C[C@@H]2C[C@H]1CN2C(=O)C[C@H](N)Cc1cc(F)c(F)cc1F. The van der Waals surface area contributed by atoms with E-state index in [-0.39, 0.29) is 48.5 Å². The maximum Gasteiger partial charge on any atom is 0.317 e. The van der Waals surface area contributed by atoms with Gasteiger partial charge in [-0.1, -0.05) is 0 Å². The van der Waals surface area contributed by atoms with Gasteiger partial charge in [0.25, 0.3) is 0 Å². The number of likely N-dealkylation sites (tertiary alicyclic amines) is 2. The van der Waals surface area contributed by atoms with Gasteiger partial charge in [0.15, 0.2) is 11.6 Å². The van der Waals surface area contributed by atoms with Crippen LogP contribution in [0.2, 0.25) is 0 Å². The van der Waals surface area contributed by atoms with Gasteiger partial charge in [-0.3, -0.25) is 4.79 Å². The molecule has 3 amide bonds. The van der Waals surface area contributed by atoms with Crippen molar-refractivity contribution < 1.29 is 22.8 Å². The number of nitrogens with one attached hydrogen (secondary N) is 1. The molecule has 9 heteroatoms. The number of carbonyl (C=O) groups is 2. The topological polar surface area (TPSA) is 78.7 Å². The molecule has 0 saturated carbocycles. The number of hydrogen-bond acceptors (Lipinski definition) is 3.